The van der Waals surface area contributed by atoms with E-state index in [1.54, 1.807) is 0 Å². The zero-order chi connectivity index (χ0) is 18.9. The van der Waals surface area contributed by atoms with E-state index < -0.39 is 16.9 Å². The maximum atomic E-state index is 12.6. The van der Waals surface area contributed by atoms with Crippen molar-refractivity contribution < 1.29 is 15.0 Å². The number of rotatable bonds is 5. The molecule has 0 aromatic heterocycles. The van der Waals surface area contributed by atoms with Crippen molar-refractivity contribution in [2.75, 3.05) is 19.7 Å². The maximum Gasteiger partial charge on any atom is 0.134 e. The van der Waals surface area contributed by atoms with Crippen LogP contribution in [-0.2, 0) is 17.8 Å². The molecule has 0 spiro atoms. The second-order valence-corrected chi connectivity index (χ2v) is 8.47. The lowest BCUT2D eigenvalue weighted by Gasteiger charge is -2.58. The molecule has 0 radical (unpaired) electrons. The van der Waals surface area contributed by atoms with Gasteiger partial charge in [0.25, 0.3) is 0 Å². The minimum atomic E-state index is -0.767. The first-order chi connectivity index (χ1) is 13.1. The number of aliphatic hydroxyl groups is 2. The maximum absolute atomic E-state index is 12.6. The number of piperidine rings is 1. The van der Waals surface area contributed by atoms with E-state index in [2.05, 4.69) is 29.2 Å². The van der Waals surface area contributed by atoms with Crippen molar-refractivity contribution >= 4 is 5.78 Å². The van der Waals surface area contributed by atoms with Crippen LogP contribution in [0.2, 0.25) is 0 Å². The summed E-state index contributed by atoms with van der Waals surface area (Å²) in [5.74, 6) is 0.157. The molecule has 4 nitrogen and oxygen atoms in total. The highest BCUT2D eigenvalue weighted by atomic mass is 16.3. The van der Waals surface area contributed by atoms with Crippen LogP contribution < -0.4 is 0 Å². The van der Waals surface area contributed by atoms with Crippen molar-refractivity contribution in [3.8, 4) is 0 Å². The largest absolute Gasteiger partial charge is 0.396 e. The molecule has 142 valence electrons. The third-order valence-electron chi connectivity index (χ3n) is 6.30. The monoisotopic (exact) mass is 365 g/mol. The number of fused-ring (bicyclic) bond motifs is 2. The van der Waals surface area contributed by atoms with Gasteiger partial charge in [0.05, 0.1) is 12.7 Å². The van der Waals surface area contributed by atoms with Gasteiger partial charge in [0, 0.05) is 43.3 Å². The van der Waals surface area contributed by atoms with Gasteiger partial charge < -0.3 is 10.2 Å². The van der Waals surface area contributed by atoms with E-state index in [4.69, 9.17) is 0 Å². The Bertz CT molecular complexity index is 794. The second kappa shape index (κ2) is 7.19. The normalized spacial score (nSPS) is 31.0. The molecule has 2 aliphatic rings. The highest BCUT2D eigenvalue weighted by molar-refractivity contribution is 5.81. The first-order valence-electron chi connectivity index (χ1n) is 9.66. The second-order valence-electron chi connectivity index (χ2n) is 8.47. The minimum absolute atomic E-state index is 0.157. The van der Waals surface area contributed by atoms with Crippen LogP contribution in [-0.4, -0.2) is 46.7 Å². The molecule has 0 amide bonds. The Kier molecular flexibility index (Phi) is 4.89. The quantitative estimate of drug-likeness (QED) is 0.854. The fourth-order valence-corrected chi connectivity index (χ4v) is 5.29. The van der Waals surface area contributed by atoms with Crippen LogP contribution in [0.4, 0.5) is 0 Å². The molecule has 1 saturated heterocycles. The zero-order valence-corrected chi connectivity index (χ0v) is 15.6. The summed E-state index contributed by atoms with van der Waals surface area (Å²) in [7, 11) is 0. The Balaban J connectivity index is 1.68. The van der Waals surface area contributed by atoms with Crippen LogP contribution in [0.25, 0.3) is 0 Å². The summed E-state index contributed by atoms with van der Waals surface area (Å²) in [6, 6.07) is 20.3. The molecule has 4 rings (SSSR count). The SMILES string of the molecule is O=C1CC2(CO)CN(Cc3ccccc3)CC(Cc3ccccc3)(C1)C2O. The van der Waals surface area contributed by atoms with Gasteiger partial charge in [0.15, 0.2) is 0 Å². The van der Waals surface area contributed by atoms with Crippen LogP contribution >= 0.6 is 0 Å². The third-order valence-corrected chi connectivity index (χ3v) is 6.30. The number of carbonyl (C=O) groups is 1. The summed E-state index contributed by atoms with van der Waals surface area (Å²) >= 11 is 0. The van der Waals surface area contributed by atoms with E-state index in [1.807, 2.05) is 36.4 Å². The first kappa shape index (κ1) is 18.4. The topological polar surface area (TPSA) is 60.8 Å². The van der Waals surface area contributed by atoms with Crippen LogP contribution in [0.15, 0.2) is 60.7 Å². The number of likely N-dealkylation sites (tertiary alicyclic amines) is 1. The number of nitrogens with zero attached hydrogens (tertiary/aromatic N) is 1. The molecule has 1 aliphatic heterocycles. The number of hydrogen-bond donors (Lipinski definition) is 2. The van der Waals surface area contributed by atoms with Crippen molar-refractivity contribution in [3.05, 3.63) is 71.8 Å². The molecule has 1 saturated carbocycles. The number of benzene rings is 2. The Hall–Kier alpha value is -2.01. The molecule has 2 aromatic carbocycles. The van der Waals surface area contributed by atoms with Crippen molar-refractivity contribution in [1.82, 2.24) is 4.90 Å². The highest BCUT2D eigenvalue weighted by Crippen LogP contribution is 2.51. The van der Waals surface area contributed by atoms with Gasteiger partial charge >= 0.3 is 0 Å². The first-order valence-corrected chi connectivity index (χ1v) is 9.66. The Morgan fingerprint density at radius 1 is 0.889 bits per heavy atom. The molecule has 27 heavy (non-hydrogen) atoms. The standard InChI is InChI=1S/C23H27NO3/c25-17-23-13-20(26)12-22(21(23)27,11-18-7-3-1-4-8-18)15-24(16-23)14-19-9-5-2-6-10-19/h1-10,21,25,27H,11-17H2. The van der Waals surface area contributed by atoms with Crippen molar-refractivity contribution in [2.24, 2.45) is 10.8 Å². The number of hydrogen-bond acceptors (Lipinski definition) is 4. The van der Waals surface area contributed by atoms with E-state index in [0.717, 1.165) is 12.1 Å². The molecule has 2 fully saturated rings. The molecule has 2 bridgehead atoms. The van der Waals surface area contributed by atoms with Crippen molar-refractivity contribution in [2.45, 2.75) is 31.9 Å². The van der Waals surface area contributed by atoms with E-state index in [1.165, 1.54) is 5.56 Å². The van der Waals surface area contributed by atoms with Crippen molar-refractivity contribution in [1.29, 1.82) is 0 Å². The minimum Gasteiger partial charge on any atom is -0.396 e. The fourth-order valence-electron chi connectivity index (χ4n) is 5.29. The molecule has 4 heteroatoms. The summed E-state index contributed by atoms with van der Waals surface area (Å²) < 4.78 is 0. The molecular weight excluding hydrogens is 338 g/mol. The third kappa shape index (κ3) is 3.45. The Labute approximate surface area is 160 Å². The van der Waals surface area contributed by atoms with E-state index >= 15 is 0 Å². The fraction of sp³-hybridized carbons (Fsp3) is 0.435. The number of Topliss-reactive ketones (excluding diaryl/α,β-unsaturated/α-hetero) is 1. The molecule has 1 aliphatic carbocycles. The Morgan fingerprint density at radius 3 is 2.07 bits per heavy atom. The van der Waals surface area contributed by atoms with E-state index in [0.29, 0.717) is 25.9 Å². The molecule has 2 aromatic rings. The Morgan fingerprint density at radius 2 is 1.44 bits per heavy atom. The molecular formula is C23H27NO3. The summed E-state index contributed by atoms with van der Waals surface area (Å²) in [6.07, 6.45) is 0.594. The summed E-state index contributed by atoms with van der Waals surface area (Å²) in [5, 5.41) is 21.5. The van der Waals surface area contributed by atoms with Gasteiger partial charge in [0.1, 0.15) is 5.78 Å². The highest BCUT2D eigenvalue weighted by Gasteiger charge is 2.59. The zero-order valence-electron chi connectivity index (χ0n) is 15.6. The van der Waals surface area contributed by atoms with Crippen LogP contribution in [0.5, 0.6) is 0 Å². The van der Waals surface area contributed by atoms with E-state index in [9.17, 15) is 15.0 Å². The lowest BCUT2D eigenvalue weighted by molar-refractivity contribution is -0.187. The number of aliphatic hydroxyl groups excluding tert-OH is 2. The lowest BCUT2D eigenvalue weighted by Crippen LogP contribution is -2.67. The molecule has 2 N–H and O–H groups in total. The van der Waals surface area contributed by atoms with Gasteiger partial charge in [-0.15, -0.1) is 0 Å². The molecule has 1 heterocycles. The molecule has 3 unspecified atom stereocenters. The van der Waals surface area contributed by atoms with Crippen molar-refractivity contribution in [3.63, 3.8) is 0 Å². The average Bonchev–Trinajstić information content (AvgIpc) is 2.66. The van der Waals surface area contributed by atoms with Gasteiger partial charge in [-0.25, -0.2) is 0 Å². The van der Waals surface area contributed by atoms with E-state index in [-0.39, 0.29) is 18.8 Å². The van der Waals surface area contributed by atoms with Gasteiger partial charge in [-0.2, -0.15) is 0 Å². The van der Waals surface area contributed by atoms with Crippen LogP contribution in [0.3, 0.4) is 0 Å². The van der Waals surface area contributed by atoms with Crippen LogP contribution in [0.1, 0.15) is 24.0 Å². The molecule has 3 atom stereocenters. The lowest BCUT2D eigenvalue weighted by atomic mass is 9.55. The average molecular weight is 365 g/mol. The van der Waals surface area contributed by atoms with Gasteiger partial charge in [-0.3, -0.25) is 9.69 Å². The smallest absolute Gasteiger partial charge is 0.134 e. The van der Waals surface area contributed by atoms with Gasteiger partial charge in [0.2, 0.25) is 0 Å². The number of ketones is 1. The van der Waals surface area contributed by atoms with Gasteiger partial charge in [-0.1, -0.05) is 60.7 Å². The number of carbonyl (C=O) groups excluding carboxylic acids is 1. The van der Waals surface area contributed by atoms with Gasteiger partial charge in [-0.05, 0) is 17.5 Å². The van der Waals surface area contributed by atoms with Crippen LogP contribution in [0, 0.1) is 10.8 Å². The summed E-state index contributed by atoms with van der Waals surface area (Å²) in [6.45, 7) is 1.80. The summed E-state index contributed by atoms with van der Waals surface area (Å²) in [4.78, 5) is 14.9. The predicted octanol–water partition coefficient (Wildman–Crippen LogP) is 2.43. The predicted molar refractivity (Wildman–Crippen MR) is 104 cm³/mol. The summed E-state index contributed by atoms with van der Waals surface area (Å²) in [5.41, 5.74) is 1.02.